The molecule has 9 N–H and O–H groups in total. The molecule has 28 nitrogen and oxygen atoms in total. The average Bonchev–Trinajstić information content (AvgIpc) is 3.99. The second-order valence-electron chi connectivity index (χ2n) is 20.2. The van der Waals surface area contributed by atoms with Gasteiger partial charge in [-0.05, 0) is 57.8 Å². The molecule has 0 aliphatic carbocycles. The average molecular weight is 1300 g/mol. The van der Waals surface area contributed by atoms with Gasteiger partial charge < -0.3 is 55.5 Å². The number of tetrazole rings is 1. The molecule has 1 aromatic heterocycles. The number of Topliss-reactive ketones (excluding diaryl/α,β-unsaturated/α-hetero) is 2. The zero-order chi connectivity index (χ0) is 63.4. The Bertz CT molecular complexity index is 2160. The summed E-state index contributed by atoms with van der Waals surface area (Å²) in [6.45, 7) is 4.65. The Hall–Kier alpha value is -5.56. The fraction of sp³-hybridized carbons (Fsp3) is 0.800. The summed E-state index contributed by atoms with van der Waals surface area (Å²) in [6.07, 6.45) is 18.0. The molecule has 0 saturated heterocycles. The number of aromatic amines is 1. The maximum absolute atomic E-state index is 12.3. The zero-order valence-corrected chi connectivity index (χ0v) is 52.2. The molecule has 0 radical (unpaired) electrons. The normalized spacial score (nSPS) is 12.2. The number of amides is 5. The molecule has 0 fully saturated rings. The summed E-state index contributed by atoms with van der Waals surface area (Å²) in [7, 11) is -3.84. The second kappa shape index (κ2) is 52.7. The number of carboxylic acids is 3. The molecule has 3 atom stereocenters. The number of carbonyl (C=O) groups excluding carboxylic acids is 7. The number of carbonyl (C=O) groups is 10. The van der Waals surface area contributed by atoms with E-state index in [9.17, 15) is 66.6 Å². The minimum atomic E-state index is -3.84. The van der Waals surface area contributed by atoms with E-state index in [1.165, 1.54) is 44.9 Å². The van der Waals surface area contributed by atoms with Gasteiger partial charge in [-0.2, -0.15) is 5.21 Å². The summed E-state index contributed by atoms with van der Waals surface area (Å²) < 4.78 is 47.6. The predicted octanol–water partition coefficient (Wildman–Crippen LogP) is 4.03. The Kier molecular flexibility index (Phi) is 49.3. The number of hydrogen-bond acceptors (Lipinski definition) is 19. The predicted molar refractivity (Wildman–Crippen MR) is 315 cm³/mol. The lowest BCUT2D eigenvalue weighted by Crippen LogP contribution is -2.42. The van der Waals surface area contributed by atoms with E-state index in [2.05, 4.69) is 62.5 Å². The van der Waals surface area contributed by atoms with Crippen molar-refractivity contribution >= 4 is 85.0 Å². The molecule has 0 spiro atoms. The van der Waals surface area contributed by atoms with Crippen LogP contribution >= 0.6 is 15.9 Å². The molecular formula is C55H96BrN9O19S. The van der Waals surface area contributed by atoms with Crippen molar-refractivity contribution in [1.82, 2.24) is 46.6 Å². The maximum Gasteiger partial charge on any atom is 0.326 e. The van der Waals surface area contributed by atoms with Gasteiger partial charge in [-0.3, -0.25) is 43.1 Å². The largest absolute Gasteiger partial charge is 0.481 e. The summed E-state index contributed by atoms with van der Waals surface area (Å²) in [5, 5.41) is 51.7. The van der Waals surface area contributed by atoms with Crippen LogP contribution in [0.1, 0.15) is 187 Å². The molecule has 0 bridgehead atoms. The Labute approximate surface area is 508 Å². The van der Waals surface area contributed by atoms with Gasteiger partial charge in [-0.15, -0.1) is 10.2 Å². The minimum Gasteiger partial charge on any atom is -0.481 e. The number of aromatic nitrogens is 4. The summed E-state index contributed by atoms with van der Waals surface area (Å²) in [6, 6.07) is -2.06. The van der Waals surface area contributed by atoms with Gasteiger partial charge in [-0.1, -0.05) is 106 Å². The number of aryl methyl sites for hydroxylation is 1. The molecule has 488 valence electrons. The van der Waals surface area contributed by atoms with E-state index in [1.54, 1.807) is 6.92 Å². The number of sulfonamides is 1. The number of ketones is 2. The van der Waals surface area contributed by atoms with Gasteiger partial charge in [0.15, 0.2) is 11.6 Å². The standard InChI is InChI=1S/C37H65N7O12S.C18H31BrN2O7/c1-2-31(37(51)52)39-34(47)21-20-29(36(49)50)27-30(45)28-56-25-24-55-23-22-38-33(46)19-16-26-57(53,54)42-35(48)18-15-13-11-9-7-5-3-4-6-8-10-12-14-17-32-40-43-44-41-32;1-2-14(22)6-5-9-27-10-11-28-13-17(24)21-15(18(25)26)7-3-4-8-20-16(23)12-19/h29,31H,2-28H2,1H3,(H,38,46)(H,39,47)(H,42,48)(H,49,50)(H,51,52)(H,40,41,43,44);15H,2-13H2,1H3,(H,20,23)(H,21,24)(H,25,26)/t29-,31?;15-/m10/s1. The van der Waals surface area contributed by atoms with E-state index in [1.807, 2.05) is 6.92 Å². The SMILES string of the molecule is CCC(=O)CCCOCCOCC(=O)N[C@@H](CCCCNC(=O)CBr)C(=O)O.CCC(NC(=O)CC[C@H](CC(=O)COCCOCCNC(=O)CCCS(=O)(=O)NC(=O)CCCCCCCCCCCCCCCc1nn[nH]n1)C(=O)O)C(=O)O. The molecular weight excluding hydrogens is 1200 g/mol. The highest BCUT2D eigenvalue weighted by Gasteiger charge is 2.25. The fourth-order valence-corrected chi connectivity index (χ4v) is 9.26. The highest BCUT2D eigenvalue weighted by atomic mass is 79.9. The summed E-state index contributed by atoms with van der Waals surface area (Å²) in [5.74, 6) is -6.68. The van der Waals surface area contributed by atoms with E-state index in [-0.39, 0.29) is 126 Å². The van der Waals surface area contributed by atoms with Crippen LogP contribution in [0.4, 0.5) is 0 Å². The number of alkyl halides is 1. The van der Waals surface area contributed by atoms with E-state index in [0.717, 1.165) is 44.3 Å². The third-order valence-electron chi connectivity index (χ3n) is 12.8. The van der Waals surface area contributed by atoms with Gasteiger partial charge in [0.2, 0.25) is 39.6 Å². The van der Waals surface area contributed by atoms with Gasteiger partial charge in [0.05, 0.1) is 50.0 Å². The number of halogens is 1. The number of carboxylic acid groups (broad SMARTS) is 3. The lowest BCUT2D eigenvalue weighted by Gasteiger charge is -2.14. The Morgan fingerprint density at radius 3 is 1.67 bits per heavy atom. The van der Waals surface area contributed by atoms with Crippen LogP contribution in [0.3, 0.4) is 0 Å². The first-order valence-electron chi connectivity index (χ1n) is 29.7. The van der Waals surface area contributed by atoms with Crippen molar-refractivity contribution in [2.75, 3.05) is 77.0 Å². The summed E-state index contributed by atoms with van der Waals surface area (Å²) in [5.41, 5.74) is 0. The van der Waals surface area contributed by atoms with Crippen LogP contribution in [0.2, 0.25) is 0 Å². The van der Waals surface area contributed by atoms with E-state index < -0.39 is 69.4 Å². The smallest absolute Gasteiger partial charge is 0.326 e. The van der Waals surface area contributed by atoms with E-state index in [4.69, 9.17) is 24.1 Å². The van der Waals surface area contributed by atoms with Crippen molar-refractivity contribution in [1.29, 1.82) is 0 Å². The van der Waals surface area contributed by atoms with Crippen LogP contribution < -0.4 is 26.0 Å². The number of nitrogens with zero attached hydrogens (tertiary/aromatic N) is 3. The quantitative estimate of drug-likeness (QED) is 0.0328. The molecule has 0 saturated carbocycles. The molecule has 1 aromatic rings. The zero-order valence-electron chi connectivity index (χ0n) is 49.8. The van der Waals surface area contributed by atoms with Crippen LogP contribution in [0.5, 0.6) is 0 Å². The van der Waals surface area contributed by atoms with Crippen molar-refractivity contribution in [2.45, 2.75) is 199 Å². The van der Waals surface area contributed by atoms with Crippen LogP contribution in [-0.4, -0.2) is 192 Å². The first-order valence-corrected chi connectivity index (χ1v) is 32.5. The van der Waals surface area contributed by atoms with Crippen molar-refractivity contribution in [3.8, 4) is 0 Å². The molecule has 1 rings (SSSR count). The topological polar surface area (TPSA) is 417 Å². The Morgan fingerprint density at radius 1 is 0.529 bits per heavy atom. The van der Waals surface area contributed by atoms with Gasteiger partial charge >= 0.3 is 17.9 Å². The molecule has 0 aliphatic rings. The summed E-state index contributed by atoms with van der Waals surface area (Å²) in [4.78, 5) is 116. The number of hydrogen-bond donors (Lipinski definition) is 9. The number of unbranched alkanes of at least 4 members (excludes halogenated alkanes) is 13. The number of H-pyrrole nitrogens is 1. The maximum atomic E-state index is 12.3. The molecule has 30 heteroatoms. The van der Waals surface area contributed by atoms with Gasteiger partial charge in [0, 0.05) is 64.6 Å². The molecule has 85 heavy (non-hydrogen) atoms. The first-order chi connectivity index (χ1) is 40.7. The van der Waals surface area contributed by atoms with Gasteiger partial charge in [0.1, 0.15) is 31.1 Å². The molecule has 5 amide bonds. The fourth-order valence-electron chi connectivity index (χ4n) is 7.99. The van der Waals surface area contributed by atoms with Gasteiger partial charge in [-0.25, -0.2) is 18.0 Å². The molecule has 0 aliphatic heterocycles. The number of ether oxygens (including phenoxy) is 4. The lowest BCUT2D eigenvalue weighted by atomic mass is 9.97. The van der Waals surface area contributed by atoms with Crippen molar-refractivity contribution < 1.29 is 90.6 Å². The van der Waals surface area contributed by atoms with Crippen LogP contribution in [0, 0.1) is 5.92 Å². The van der Waals surface area contributed by atoms with Crippen molar-refractivity contribution in [3.63, 3.8) is 0 Å². The van der Waals surface area contributed by atoms with Gasteiger partial charge in [0.25, 0.3) is 0 Å². The lowest BCUT2D eigenvalue weighted by molar-refractivity contribution is -0.145. The highest BCUT2D eigenvalue weighted by molar-refractivity contribution is 9.09. The number of aliphatic carboxylic acids is 3. The monoisotopic (exact) mass is 1300 g/mol. The third-order valence-corrected chi connectivity index (χ3v) is 14.7. The first kappa shape index (κ1) is 79.4. The molecule has 1 unspecified atom stereocenters. The second-order valence-corrected chi connectivity index (χ2v) is 22.6. The summed E-state index contributed by atoms with van der Waals surface area (Å²) >= 11 is 3.03. The van der Waals surface area contributed by atoms with E-state index in [0.29, 0.717) is 58.3 Å². The third kappa shape index (κ3) is 49.3. The van der Waals surface area contributed by atoms with Crippen molar-refractivity contribution in [3.05, 3.63) is 5.82 Å². The molecule has 0 aromatic carbocycles. The Morgan fingerprint density at radius 2 is 1.09 bits per heavy atom. The Balaban J connectivity index is 0.00000211. The highest BCUT2D eigenvalue weighted by Crippen LogP contribution is 2.15. The van der Waals surface area contributed by atoms with Crippen LogP contribution in [-0.2, 0) is 83.3 Å². The minimum absolute atomic E-state index is 0.0326. The van der Waals surface area contributed by atoms with Crippen LogP contribution in [0.25, 0.3) is 0 Å². The number of rotatable bonds is 56. The van der Waals surface area contributed by atoms with Crippen molar-refractivity contribution in [2.24, 2.45) is 5.92 Å². The molecule has 1 heterocycles. The van der Waals surface area contributed by atoms with E-state index >= 15 is 0 Å². The number of nitrogens with one attached hydrogen (secondary N) is 6. The van der Waals surface area contributed by atoms with Crippen LogP contribution in [0.15, 0.2) is 0 Å².